The molecule has 1 aliphatic heterocycles. The van der Waals surface area contributed by atoms with E-state index < -0.39 is 0 Å². The zero-order chi connectivity index (χ0) is 10.9. The van der Waals surface area contributed by atoms with E-state index in [1.54, 1.807) is 0 Å². The molecule has 4 nitrogen and oxygen atoms in total. The smallest absolute Gasteiger partial charge is 0.220 e. The Kier molecular flexibility index (Phi) is 6.36. The second kappa shape index (κ2) is 7.65. The number of nitrogens with one attached hydrogen (secondary N) is 1. The summed E-state index contributed by atoms with van der Waals surface area (Å²) in [6, 6.07) is 0. The van der Waals surface area contributed by atoms with Crippen molar-refractivity contribution in [1.82, 2.24) is 10.2 Å². The summed E-state index contributed by atoms with van der Waals surface area (Å²) in [4.78, 5) is 13.6. The highest BCUT2D eigenvalue weighted by molar-refractivity contribution is 5.75. The van der Waals surface area contributed by atoms with Gasteiger partial charge in [0.2, 0.25) is 5.91 Å². The molecule has 0 aromatic carbocycles. The molecule has 0 spiro atoms. The normalized spacial score (nSPS) is 17.7. The van der Waals surface area contributed by atoms with E-state index in [-0.39, 0.29) is 12.5 Å². The van der Waals surface area contributed by atoms with Crippen LogP contribution < -0.4 is 5.32 Å². The fourth-order valence-corrected chi connectivity index (χ4v) is 1.93. The molecule has 2 N–H and O–H groups in total. The van der Waals surface area contributed by atoms with Gasteiger partial charge in [0.05, 0.1) is 6.61 Å². The van der Waals surface area contributed by atoms with E-state index >= 15 is 0 Å². The molecule has 0 aromatic rings. The van der Waals surface area contributed by atoms with Gasteiger partial charge in [-0.25, -0.2) is 0 Å². The van der Waals surface area contributed by atoms with Gasteiger partial charge in [-0.1, -0.05) is 6.42 Å². The van der Waals surface area contributed by atoms with Gasteiger partial charge in [-0.05, 0) is 38.9 Å². The summed E-state index contributed by atoms with van der Waals surface area (Å²) >= 11 is 0. The molecular weight excluding hydrogens is 192 g/mol. The second-order valence-corrected chi connectivity index (χ2v) is 4.08. The van der Waals surface area contributed by atoms with Gasteiger partial charge in [-0.2, -0.15) is 0 Å². The molecule has 15 heavy (non-hydrogen) atoms. The third kappa shape index (κ3) is 5.74. The highest BCUT2D eigenvalue weighted by Crippen LogP contribution is 2.09. The van der Waals surface area contributed by atoms with Crippen LogP contribution in [0.1, 0.15) is 32.1 Å². The first-order valence-electron chi connectivity index (χ1n) is 5.93. The van der Waals surface area contributed by atoms with Crippen LogP contribution in [0.5, 0.6) is 0 Å². The van der Waals surface area contributed by atoms with Crippen molar-refractivity contribution in [3.8, 4) is 0 Å². The Morgan fingerprint density at radius 3 is 2.67 bits per heavy atom. The third-order valence-electron chi connectivity index (χ3n) is 2.76. The van der Waals surface area contributed by atoms with Crippen LogP contribution in [-0.2, 0) is 4.79 Å². The number of aliphatic hydroxyl groups is 1. The van der Waals surface area contributed by atoms with E-state index in [1.165, 1.54) is 32.4 Å². The Bertz CT molecular complexity index is 179. The summed E-state index contributed by atoms with van der Waals surface area (Å²) in [7, 11) is 0. The lowest BCUT2D eigenvalue weighted by molar-refractivity contribution is -0.121. The highest BCUT2D eigenvalue weighted by Gasteiger charge is 2.09. The number of amides is 1. The van der Waals surface area contributed by atoms with Gasteiger partial charge < -0.3 is 15.3 Å². The number of rotatable bonds is 6. The maximum absolute atomic E-state index is 11.2. The SMILES string of the molecule is O=C(CCCN1CCCCC1)NCCO. The first-order valence-corrected chi connectivity index (χ1v) is 5.93. The largest absolute Gasteiger partial charge is 0.395 e. The quantitative estimate of drug-likeness (QED) is 0.671. The minimum atomic E-state index is 0.0257. The lowest BCUT2D eigenvalue weighted by Gasteiger charge is -2.26. The minimum Gasteiger partial charge on any atom is -0.395 e. The van der Waals surface area contributed by atoms with E-state index in [9.17, 15) is 4.79 Å². The molecule has 0 bridgehead atoms. The van der Waals surface area contributed by atoms with E-state index in [4.69, 9.17) is 5.11 Å². The van der Waals surface area contributed by atoms with Crippen LogP contribution in [0.15, 0.2) is 0 Å². The monoisotopic (exact) mass is 214 g/mol. The predicted molar refractivity (Wildman–Crippen MR) is 59.6 cm³/mol. The first kappa shape index (κ1) is 12.5. The van der Waals surface area contributed by atoms with E-state index in [0.717, 1.165) is 13.0 Å². The first-order chi connectivity index (χ1) is 7.33. The van der Waals surface area contributed by atoms with E-state index in [0.29, 0.717) is 13.0 Å². The summed E-state index contributed by atoms with van der Waals surface area (Å²) in [5.74, 6) is 0.0565. The van der Waals surface area contributed by atoms with Crippen LogP contribution in [0.2, 0.25) is 0 Å². The summed E-state index contributed by atoms with van der Waals surface area (Å²) in [5.41, 5.74) is 0. The van der Waals surface area contributed by atoms with Crippen molar-refractivity contribution in [1.29, 1.82) is 0 Å². The van der Waals surface area contributed by atoms with Gasteiger partial charge in [0.15, 0.2) is 0 Å². The topological polar surface area (TPSA) is 52.6 Å². The van der Waals surface area contributed by atoms with Crippen molar-refractivity contribution in [2.75, 3.05) is 32.8 Å². The molecule has 1 fully saturated rings. The third-order valence-corrected chi connectivity index (χ3v) is 2.76. The number of aliphatic hydroxyl groups excluding tert-OH is 1. The van der Waals surface area contributed by atoms with Crippen LogP contribution in [0.3, 0.4) is 0 Å². The fraction of sp³-hybridized carbons (Fsp3) is 0.909. The van der Waals surface area contributed by atoms with Crippen LogP contribution in [-0.4, -0.2) is 48.7 Å². The minimum absolute atomic E-state index is 0.0257. The number of hydrogen-bond donors (Lipinski definition) is 2. The maximum atomic E-state index is 11.2. The second-order valence-electron chi connectivity index (χ2n) is 4.08. The molecule has 1 rings (SSSR count). The summed E-state index contributed by atoms with van der Waals surface area (Å²) < 4.78 is 0. The molecule has 4 heteroatoms. The molecule has 1 saturated heterocycles. The van der Waals surface area contributed by atoms with Crippen molar-refractivity contribution in [3.05, 3.63) is 0 Å². The molecule has 0 aromatic heterocycles. The summed E-state index contributed by atoms with van der Waals surface area (Å²) in [6.45, 7) is 3.82. The Morgan fingerprint density at radius 1 is 1.27 bits per heavy atom. The van der Waals surface area contributed by atoms with Crippen LogP contribution >= 0.6 is 0 Å². The Hall–Kier alpha value is -0.610. The maximum Gasteiger partial charge on any atom is 0.220 e. The molecule has 88 valence electrons. The molecule has 1 heterocycles. The molecule has 0 radical (unpaired) electrons. The molecular formula is C11H22N2O2. The molecule has 0 saturated carbocycles. The fourth-order valence-electron chi connectivity index (χ4n) is 1.93. The van der Waals surface area contributed by atoms with Crippen molar-refractivity contribution in [2.45, 2.75) is 32.1 Å². The lowest BCUT2D eigenvalue weighted by Crippen LogP contribution is -2.32. The Morgan fingerprint density at radius 2 is 2.00 bits per heavy atom. The van der Waals surface area contributed by atoms with Gasteiger partial charge in [-0.3, -0.25) is 4.79 Å². The van der Waals surface area contributed by atoms with Crippen LogP contribution in [0.25, 0.3) is 0 Å². The lowest BCUT2D eigenvalue weighted by atomic mass is 10.1. The number of likely N-dealkylation sites (tertiary alicyclic amines) is 1. The number of hydrogen-bond acceptors (Lipinski definition) is 3. The number of nitrogens with zero attached hydrogens (tertiary/aromatic N) is 1. The molecule has 1 aliphatic rings. The van der Waals surface area contributed by atoms with Crippen LogP contribution in [0, 0.1) is 0 Å². The summed E-state index contributed by atoms with van der Waals surface area (Å²) in [6.07, 6.45) is 5.47. The molecule has 0 aliphatic carbocycles. The zero-order valence-corrected chi connectivity index (χ0v) is 9.37. The average Bonchev–Trinajstić information content (AvgIpc) is 2.28. The molecule has 0 unspecified atom stereocenters. The summed E-state index contributed by atoms with van der Waals surface area (Å²) in [5, 5.41) is 11.2. The van der Waals surface area contributed by atoms with Crippen molar-refractivity contribution < 1.29 is 9.90 Å². The van der Waals surface area contributed by atoms with Crippen LogP contribution in [0.4, 0.5) is 0 Å². The van der Waals surface area contributed by atoms with E-state index in [2.05, 4.69) is 10.2 Å². The van der Waals surface area contributed by atoms with E-state index in [1.807, 2.05) is 0 Å². The van der Waals surface area contributed by atoms with Gasteiger partial charge in [0, 0.05) is 13.0 Å². The molecule has 1 amide bonds. The van der Waals surface area contributed by atoms with Crippen molar-refractivity contribution in [2.24, 2.45) is 0 Å². The standard InChI is InChI=1S/C11H22N2O2/c14-10-6-12-11(15)5-4-9-13-7-2-1-3-8-13/h14H,1-10H2,(H,12,15). The number of piperidine rings is 1. The van der Waals surface area contributed by atoms with Gasteiger partial charge >= 0.3 is 0 Å². The zero-order valence-electron chi connectivity index (χ0n) is 9.37. The number of carbonyl (C=O) groups is 1. The Balaban J connectivity index is 1.97. The van der Waals surface area contributed by atoms with Gasteiger partial charge in [0.1, 0.15) is 0 Å². The van der Waals surface area contributed by atoms with Crippen molar-refractivity contribution in [3.63, 3.8) is 0 Å². The Labute approximate surface area is 91.6 Å². The van der Waals surface area contributed by atoms with Crippen molar-refractivity contribution >= 4 is 5.91 Å². The number of carbonyl (C=O) groups excluding carboxylic acids is 1. The molecule has 0 atom stereocenters. The predicted octanol–water partition coefficient (Wildman–Crippen LogP) is 0.361. The highest BCUT2D eigenvalue weighted by atomic mass is 16.3. The van der Waals surface area contributed by atoms with Gasteiger partial charge in [0.25, 0.3) is 0 Å². The van der Waals surface area contributed by atoms with Gasteiger partial charge in [-0.15, -0.1) is 0 Å². The average molecular weight is 214 g/mol.